The first-order chi connectivity index (χ1) is 11.7. The fraction of sp³-hybridized carbons (Fsp3) is 0.632. The second kappa shape index (κ2) is 12.4. The number of hydrogen-bond donors (Lipinski definition) is 2. The van der Waals surface area contributed by atoms with Crippen LogP contribution in [0.5, 0.6) is 0 Å². The number of nitrogens with two attached hydrogens (primary N) is 1. The third-order valence-electron chi connectivity index (χ3n) is 4.79. The standard InChI is InChI=1S/C19H33N5.HI/c1-3-23(17-10-6-5-7-11-17)15-9-13-21-19(20)22-16-18-12-8-14-24(18)4-2;/h5-7,10-11,18H,3-4,8-9,12-16H2,1-2H3,(H3,20,21,22);1H. The van der Waals surface area contributed by atoms with E-state index >= 15 is 0 Å². The number of aliphatic imine (C=N–C) groups is 1. The number of halogens is 1. The van der Waals surface area contributed by atoms with Crippen LogP contribution in [-0.4, -0.2) is 56.2 Å². The smallest absolute Gasteiger partial charge is 0.188 e. The topological polar surface area (TPSA) is 56.9 Å². The Morgan fingerprint density at radius 1 is 1.32 bits per heavy atom. The van der Waals surface area contributed by atoms with Gasteiger partial charge in [-0.3, -0.25) is 9.89 Å². The molecular formula is C19H34IN5. The van der Waals surface area contributed by atoms with Crippen LogP contribution in [-0.2, 0) is 0 Å². The lowest BCUT2D eigenvalue weighted by atomic mass is 10.2. The highest BCUT2D eigenvalue weighted by atomic mass is 127. The predicted molar refractivity (Wildman–Crippen MR) is 119 cm³/mol. The summed E-state index contributed by atoms with van der Waals surface area (Å²) in [5.74, 6) is 0.584. The van der Waals surface area contributed by atoms with Crippen LogP contribution in [0, 0.1) is 0 Å². The Kier molecular flexibility index (Phi) is 10.9. The van der Waals surface area contributed by atoms with Crippen molar-refractivity contribution >= 4 is 35.6 Å². The fourth-order valence-corrected chi connectivity index (χ4v) is 3.37. The van der Waals surface area contributed by atoms with Crippen LogP contribution in [0.2, 0.25) is 0 Å². The van der Waals surface area contributed by atoms with Crippen LogP contribution < -0.4 is 16.0 Å². The van der Waals surface area contributed by atoms with Crippen molar-refractivity contribution in [1.82, 2.24) is 10.2 Å². The molecule has 0 amide bonds. The molecule has 0 radical (unpaired) electrons. The molecule has 5 nitrogen and oxygen atoms in total. The normalized spacial score (nSPS) is 18.0. The van der Waals surface area contributed by atoms with Crippen molar-refractivity contribution in [2.24, 2.45) is 10.7 Å². The van der Waals surface area contributed by atoms with Crippen LogP contribution in [0.3, 0.4) is 0 Å². The molecule has 0 saturated carbocycles. The molecule has 0 bridgehead atoms. The molecule has 1 aromatic carbocycles. The highest BCUT2D eigenvalue weighted by Gasteiger charge is 2.22. The Balaban J connectivity index is 0.00000312. The molecule has 1 aliphatic rings. The number of nitrogens with zero attached hydrogens (tertiary/aromatic N) is 3. The molecular weight excluding hydrogens is 425 g/mol. The molecule has 1 saturated heterocycles. The number of para-hydroxylation sites is 1. The number of hydrogen-bond acceptors (Lipinski definition) is 3. The summed E-state index contributed by atoms with van der Waals surface area (Å²) in [7, 11) is 0. The minimum absolute atomic E-state index is 0. The highest BCUT2D eigenvalue weighted by Crippen LogP contribution is 2.16. The van der Waals surface area contributed by atoms with E-state index in [1.807, 2.05) is 0 Å². The number of anilines is 1. The van der Waals surface area contributed by atoms with Gasteiger partial charge in [0.2, 0.25) is 0 Å². The maximum Gasteiger partial charge on any atom is 0.188 e. The van der Waals surface area contributed by atoms with Crippen molar-refractivity contribution in [3.8, 4) is 0 Å². The summed E-state index contributed by atoms with van der Waals surface area (Å²) in [5, 5.41) is 3.25. The maximum absolute atomic E-state index is 6.01. The van der Waals surface area contributed by atoms with E-state index in [2.05, 4.69) is 64.3 Å². The summed E-state index contributed by atoms with van der Waals surface area (Å²) in [4.78, 5) is 9.40. The molecule has 1 fully saturated rings. The lowest BCUT2D eigenvalue weighted by molar-refractivity contribution is 0.273. The van der Waals surface area contributed by atoms with Gasteiger partial charge in [-0.15, -0.1) is 24.0 Å². The molecule has 1 heterocycles. The van der Waals surface area contributed by atoms with Crippen LogP contribution >= 0.6 is 24.0 Å². The molecule has 0 aromatic heterocycles. The largest absolute Gasteiger partial charge is 0.372 e. The third kappa shape index (κ3) is 7.40. The molecule has 142 valence electrons. The van der Waals surface area contributed by atoms with Gasteiger partial charge in [0, 0.05) is 31.4 Å². The Hall–Kier alpha value is -1.02. The molecule has 0 spiro atoms. The molecule has 3 N–H and O–H groups in total. The molecule has 25 heavy (non-hydrogen) atoms. The number of rotatable bonds is 9. The first-order valence-electron chi connectivity index (χ1n) is 9.32. The summed E-state index contributed by atoms with van der Waals surface area (Å²) >= 11 is 0. The van der Waals surface area contributed by atoms with E-state index in [1.165, 1.54) is 25.1 Å². The lowest BCUT2D eigenvalue weighted by Gasteiger charge is -2.23. The molecule has 1 aliphatic heterocycles. The Morgan fingerprint density at radius 2 is 2.08 bits per heavy atom. The van der Waals surface area contributed by atoms with Gasteiger partial charge in [-0.05, 0) is 51.4 Å². The van der Waals surface area contributed by atoms with Gasteiger partial charge in [-0.25, -0.2) is 0 Å². The Labute approximate surface area is 170 Å². The number of likely N-dealkylation sites (tertiary alicyclic amines) is 1. The lowest BCUT2D eigenvalue weighted by Crippen LogP contribution is -2.37. The molecule has 1 aromatic rings. The quantitative estimate of drug-likeness (QED) is 0.258. The molecule has 1 unspecified atom stereocenters. The Morgan fingerprint density at radius 3 is 2.76 bits per heavy atom. The molecule has 1 atom stereocenters. The van der Waals surface area contributed by atoms with Gasteiger partial charge in [-0.2, -0.15) is 0 Å². The van der Waals surface area contributed by atoms with Crippen molar-refractivity contribution in [1.29, 1.82) is 0 Å². The fourth-order valence-electron chi connectivity index (χ4n) is 3.37. The van der Waals surface area contributed by atoms with E-state index in [-0.39, 0.29) is 24.0 Å². The van der Waals surface area contributed by atoms with Gasteiger partial charge in [0.15, 0.2) is 5.96 Å². The number of benzene rings is 1. The van der Waals surface area contributed by atoms with Gasteiger partial charge in [-0.1, -0.05) is 25.1 Å². The van der Waals surface area contributed by atoms with Crippen LogP contribution in [0.15, 0.2) is 35.3 Å². The van der Waals surface area contributed by atoms with Crippen molar-refractivity contribution in [2.45, 2.75) is 39.2 Å². The first-order valence-corrected chi connectivity index (χ1v) is 9.32. The summed E-state index contributed by atoms with van der Waals surface area (Å²) in [6.07, 6.45) is 3.57. The van der Waals surface area contributed by atoms with Gasteiger partial charge >= 0.3 is 0 Å². The summed E-state index contributed by atoms with van der Waals surface area (Å²) < 4.78 is 0. The zero-order valence-electron chi connectivity index (χ0n) is 15.7. The average Bonchev–Trinajstić information content (AvgIpc) is 3.08. The van der Waals surface area contributed by atoms with Crippen molar-refractivity contribution in [3.05, 3.63) is 30.3 Å². The minimum Gasteiger partial charge on any atom is -0.372 e. The second-order valence-electron chi connectivity index (χ2n) is 6.35. The summed E-state index contributed by atoms with van der Waals surface area (Å²) in [6, 6.07) is 11.1. The zero-order chi connectivity index (χ0) is 17.2. The number of guanidine groups is 1. The van der Waals surface area contributed by atoms with Gasteiger partial charge in [0.25, 0.3) is 0 Å². The SMILES string of the molecule is CCN(CCCNC(N)=NCC1CCCN1CC)c1ccccc1.I. The predicted octanol–water partition coefficient (Wildman–Crippen LogP) is 2.91. The summed E-state index contributed by atoms with van der Waals surface area (Å²) in [6.45, 7) is 10.4. The average molecular weight is 459 g/mol. The van der Waals surface area contributed by atoms with Gasteiger partial charge < -0.3 is 16.0 Å². The van der Waals surface area contributed by atoms with Gasteiger partial charge in [0.05, 0.1) is 6.54 Å². The van der Waals surface area contributed by atoms with Crippen molar-refractivity contribution in [3.63, 3.8) is 0 Å². The third-order valence-corrected chi connectivity index (χ3v) is 4.79. The monoisotopic (exact) mass is 459 g/mol. The van der Waals surface area contributed by atoms with Gasteiger partial charge in [0.1, 0.15) is 0 Å². The Bertz CT molecular complexity index is 494. The van der Waals surface area contributed by atoms with E-state index in [0.29, 0.717) is 12.0 Å². The molecule has 2 rings (SSSR count). The number of likely N-dealkylation sites (N-methyl/N-ethyl adjacent to an activating group) is 1. The zero-order valence-corrected chi connectivity index (χ0v) is 18.0. The highest BCUT2D eigenvalue weighted by molar-refractivity contribution is 14.0. The minimum atomic E-state index is 0. The van der Waals surface area contributed by atoms with Crippen LogP contribution in [0.4, 0.5) is 5.69 Å². The molecule has 6 heteroatoms. The van der Waals surface area contributed by atoms with Crippen molar-refractivity contribution < 1.29 is 0 Å². The van der Waals surface area contributed by atoms with Crippen molar-refractivity contribution in [2.75, 3.05) is 44.2 Å². The van der Waals surface area contributed by atoms with E-state index in [0.717, 1.165) is 39.1 Å². The van der Waals surface area contributed by atoms with E-state index in [9.17, 15) is 0 Å². The summed E-state index contributed by atoms with van der Waals surface area (Å²) in [5.41, 5.74) is 7.29. The first kappa shape index (κ1) is 22.0. The van der Waals surface area contributed by atoms with Crippen LogP contribution in [0.25, 0.3) is 0 Å². The number of nitrogens with one attached hydrogen (secondary N) is 1. The maximum atomic E-state index is 6.01. The second-order valence-corrected chi connectivity index (χ2v) is 6.35. The van der Waals surface area contributed by atoms with E-state index in [4.69, 9.17) is 5.73 Å². The van der Waals surface area contributed by atoms with E-state index in [1.54, 1.807) is 0 Å². The van der Waals surface area contributed by atoms with E-state index < -0.39 is 0 Å². The molecule has 0 aliphatic carbocycles. The van der Waals surface area contributed by atoms with Crippen LogP contribution in [0.1, 0.15) is 33.1 Å².